The third-order valence-electron chi connectivity index (χ3n) is 4.66. The minimum atomic E-state index is -1.06. The fraction of sp³-hybridized carbons (Fsp3) is 0.438. The molecule has 1 aromatic rings. The Morgan fingerprint density at radius 1 is 1.22 bits per heavy atom. The summed E-state index contributed by atoms with van der Waals surface area (Å²) >= 11 is 3.30. The first-order valence-electron chi connectivity index (χ1n) is 7.55. The number of carboxylic acid groups (broad SMARTS) is 1. The van der Waals surface area contributed by atoms with Crippen molar-refractivity contribution in [3.05, 3.63) is 34.3 Å². The summed E-state index contributed by atoms with van der Waals surface area (Å²) in [5.41, 5.74) is 0.511. The smallest absolute Gasteiger partial charge is 0.408 e. The molecule has 0 radical (unpaired) electrons. The predicted molar refractivity (Wildman–Crippen MR) is 86.3 cm³/mol. The van der Waals surface area contributed by atoms with Crippen LogP contribution < -0.4 is 5.32 Å². The van der Waals surface area contributed by atoms with Crippen molar-refractivity contribution in [1.82, 2.24) is 10.2 Å². The molecule has 2 fully saturated rings. The van der Waals surface area contributed by atoms with Crippen LogP contribution in [-0.2, 0) is 4.79 Å². The fourth-order valence-electron chi connectivity index (χ4n) is 3.61. The van der Waals surface area contributed by atoms with Crippen molar-refractivity contribution in [1.29, 1.82) is 0 Å². The number of nitrogens with zero attached hydrogens (tertiary/aromatic N) is 1. The molecule has 1 saturated heterocycles. The maximum Gasteiger partial charge on any atom is 0.408 e. The maximum absolute atomic E-state index is 12.4. The number of rotatable bonds is 4. The average Bonchev–Trinajstić information content (AvgIpc) is 3.13. The third-order valence-corrected chi connectivity index (χ3v) is 5.19. The van der Waals surface area contributed by atoms with E-state index in [1.54, 1.807) is 24.3 Å². The second-order valence-corrected chi connectivity index (χ2v) is 6.93. The molecule has 0 spiro atoms. The predicted octanol–water partition coefficient (Wildman–Crippen LogP) is 2.28. The van der Waals surface area contributed by atoms with Crippen LogP contribution in [0.5, 0.6) is 0 Å². The average molecular weight is 381 g/mol. The van der Waals surface area contributed by atoms with Crippen molar-refractivity contribution in [2.45, 2.75) is 31.3 Å². The number of benzene rings is 1. The van der Waals surface area contributed by atoms with E-state index in [0.29, 0.717) is 5.56 Å². The number of amides is 2. The van der Waals surface area contributed by atoms with Gasteiger partial charge >= 0.3 is 6.09 Å². The van der Waals surface area contributed by atoms with Crippen LogP contribution in [0.25, 0.3) is 0 Å². The van der Waals surface area contributed by atoms with Gasteiger partial charge in [-0.1, -0.05) is 28.1 Å². The van der Waals surface area contributed by atoms with Crippen LogP contribution in [0.3, 0.4) is 0 Å². The molecule has 3 rings (SSSR count). The standard InChI is InChI=1S/C16H17BrN2O4/c17-11-4-1-9(2-5-11)13(20)8-18-15(21)14-10-3-6-12(7-10)19(14)16(22)23/h1-2,4-5,10,12,14H,3,6-8H2,(H,18,21)(H,22,23). The largest absolute Gasteiger partial charge is 0.465 e. The summed E-state index contributed by atoms with van der Waals surface area (Å²) in [5.74, 6) is -0.500. The number of hydrogen-bond donors (Lipinski definition) is 2. The Balaban J connectivity index is 1.62. The molecule has 3 unspecified atom stereocenters. The van der Waals surface area contributed by atoms with E-state index >= 15 is 0 Å². The summed E-state index contributed by atoms with van der Waals surface area (Å²) in [6.07, 6.45) is 1.37. The number of nitrogens with one attached hydrogen (secondary N) is 1. The number of carbonyl (C=O) groups excluding carboxylic acids is 2. The third kappa shape index (κ3) is 3.10. The molecule has 1 aliphatic heterocycles. The fourth-order valence-corrected chi connectivity index (χ4v) is 3.88. The van der Waals surface area contributed by atoms with Gasteiger partial charge in [0.15, 0.2) is 5.78 Å². The first-order chi connectivity index (χ1) is 11.0. The molecule has 23 heavy (non-hydrogen) atoms. The van der Waals surface area contributed by atoms with E-state index in [1.165, 1.54) is 4.90 Å². The van der Waals surface area contributed by atoms with E-state index in [2.05, 4.69) is 21.2 Å². The number of ketones is 1. The van der Waals surface area contributed by atoms with Crippen LogP contribution in [0.4, 0.5) is 4.79 Å². The van der Waals surface area contributed by atoms with Gasteiger partial charge in [-0.2, -0.15) is 0 Å². The van der Waals surface area contributed by atoms with Gasteiger partial charge in [0, 0.05) is 16.1 Å². The Morgan fingerprint density at radius 2 is 1.91 bits per heavy atom. The second-order valence-electron chi connectivity index (χ2n) is 6.01. The molecular formula is C16H17BrN2O4. The lowest BCUT2D eigenvalue weighted by Gasteiger charge is -2.31. The van der Waals surface area contributed by atoms with E-state index in [0.717, 1.165) is 23.7 Å². The molecule has 3 atom stereocenters. The Morgan fingerprint density at radius 3 is 2.57 bits per heavy atom. The highest BCUT2D eigenvalue weighted by atomic mass is 79.9. The zero-order valence-corrected chi connectivity index (χ0v) is 14.0. The van der Waals surface area contributed by atoms with Gasteiger partial charge in [0.25, 0.3) is 0 Å². The number of Topliss-reactive ketones (excluding diaryl/α,β-unsaturated/α-hetero) is 1. The molecule has 2 bridgehead atoms. The van der Waals surface area contributed by atoms with Crippen molar-refractivity contribution < 1.29 is 19.5 Å². The van der Waals surface area contributed by atoms with Gasteiger partial charge in [0.1, 0.15) is 6.04 Å². The van der Waals surface area contributed by atoms with Crippen molar-refractivity contribution in [3.63, 3.8) is 0 Å². The molecule has 122 valence electrons. The Labute approximate surface area is 142 Å². The van der Waals surface area contributed by atoms with E-state index in [1.807, 2.05) is 0 Å². The molecule has 0 aromatic heterocycles. The minimum Gasteiger partial charge on any atom is -0.465 e. The number of carbonyl (C=O) groups is 3. The SMILES string of the molecule is O=C(CNC(=O)C1C2CCC(C2)N1C(=O)O)c1ccc(Br)cc1. The summed E-state index contributed by atoms with van der Waals surface area (Å²) < 4.78 is 0.872. The molecule has 7 heteroatoms. The highest BCUT2D eigenvalue weighted by Gasteiger charge is 2.51. The van der Waals surface area contributed by atoms with Crippen LogP contribution in [0.15, 0.2) is 28.7 Å². The quantitative estimate of drug-likeness (QED) is 0.784. The van der Waals surface area contributed by atoms with Crippen molar-refractivity contribution >= 4 is 33.7 Å². The number of halogens is 1. The Kier molecular flexibility index (Phi) is 4.39. The summed E-state index contributed by atoms with van der Waals surface area (Å²) in [6.45, 7) is -0.123. The van der Waals surface area contributed by atoms with Crippen LogP contribution in [0.1, 0.15) is 29.6 Å². The van der Waals surface area contributed by atoms with Gasteiger partial charge in [-0.05, 0) is 37.3 Å². The number of hydrogen-bond acceptors (Lipinski definition) is 3. The van der Waals surface area contributed by atoms with E-state index in [4.69, 9.17) is 0 Å². The van der Waals surface area contributed by atoms with Crippen LogP contribution in [0.2, 0.25) is 0 Å². The van der Waals surface area contributed by atoms with Crippen molar-refractivity contribution in [2.24, 2.45) is 5.92 Å². The van der Waals surface area contributed by atoms with Gasteiger partial charge in [0.2, 0.25) is 5.91 Å². The summed E-state index contributed by atoms with van der Waals surface area (Å²) in [7, 11) is 0. The van der Waals surface area contributed by atoms with E-state index in [9.17, 15) is 19.5 Å². The second kappa shape index (κ2) is 6.31. The Bertz CT molecular complexity index is 646. The molecule has 1 heterocycles. The summed E-state index contributed by atoms with van der Waals surface area (Å²) in [5, 5.41) is 11.9. The van der Waals surface area contributed by atoms with Crippen molar-refractivity contribution in [3.8, 4) is 0 Å². The Hall–Kier alpha value is -1.89. The first-order valence-corrected chi connectivity index (χ1v) is 8.34. The molecule has 6 nitrogen and oxygen atoms in total. The van der Waals surface area contributed by atoms with Gasteiger partial charge in [0.05, 0.1) is 6.54 Å². The van der Waals surface area contributed by atoms with Crippen LogP contribution >= 0.6 is 15.9 Å². The number of likely N-dealkylation sites (tertiary alicyclic amines) is 1. The zero-order chi connectivity index (χ0) is 16.6. The van der Waals surface area contributed by atoms with Gasteiger partial charge in [-0.3, -0.25) is 14.5 Å². The van der Waals surface area contributed by atoms with Gasteiger partial charge in [-0.25, -0.2) is 4.79 Å². The lowest BCUT2D eigenvalue weighted by atomic mass is 9.98. The normalized spacial score (nSPS) is 25.4. The molecular weight excluding hydrogens is 364 g/mol. The summed E-state index contributed by atoms with van der Waals surface area (Å²) in [4.78, 5) is 37.1. The summed E-state index contributed by atoms with van der Waals surface area (Å²) in [6, 6.07) is 6.16. The lowest BCUT2D eigenvalue weighted by Crippen LogP contribution is -2.53. The van der Waals surface area contributed by atoms with E-state index in [-0.39, 0.29) is 30.2 Å². The van der Waals surface area contributed by atoms with Gasteiger partial charge in [-0.15, -0.1) is 0 Å². The number of piperidine rings is 1. The van der Waals surface area contributed by atoms with Crippen molar-refractivity contribution in [2.75, 3.05) is 6.54 Å². The zero-order valence-electron chi connectivity index (χ0n) is 12.4. The van der Waals surface area contributed by atoms with Crippen LogP contribution in [0, 0.1) is 5.92 Å². The number of fused-ring (bicyclic) bond motifs is 2. The maximum atomic E-state index is 12.4. The first kappa shape index (κ1) is 16.0. The van der Waals surface area contributed by atoms with Gasteiger partial charge < -0.3 is 10.4 Å². The molecule has 2 amide bonds. The minimum absolute atomic E-state index is 0.0598. The monoisotopic (exact) mass is 380 g/mol. The molecule has 1 aliphatic carbocycles. The molecule has 2 N–H and O–H groups in total. The highest BCUT2D eigenvalue weighted by Crippen LogP contribution is 2.42. The molecule has 1 aromatic carbocycles. The topological polar surface area (TPSA) is 86.7 Å². The van der Waals surface area contributed by atoms with Crippen LogP contribution in [-0.4, -0.2) is 46.4 Å². The van der Waals surface area contributed by atoms with E-state index < -0.39 is 12.1 Å². The highest BCUT2D eigenvalue weighted by molar-refractivity contribution is 9.10. The lowest BCUT2D eigenvalue weighted by molar-refractivity contribution is -0.127. The molecule has 2 aliphatic rings. The molecule has 1 saturated carbocycles.